The molecular formula is C87H84N4O18S3. The molecular weight excluding hydrogens is 1490 g/mol. The third-order valence-corrected chi connectivity index (χ3v) is 21.4. The third kappa shape index (κ3) is 19.5. The minimum Gasteiger partial charge on any atom is -0.508 e. The quantitative estimate of drug-likeness (QED) is 0.0255. The predicted octanol–water partition coefficient (Wildman–Crippen LogP) is 15.2. The van der Waals surface area contributed by atoms with Crippen molar-refractivity contribution in [3.63, 3.8) is 0 Å². The molecule has 22 nitrogen and oxygen atoms in total. The number of aryl methyl sites for hydroxylation is 2. The number of fused-ring (bicyclic) bond motifs is 4. The summed E-state index contributed by atoms with van der Waals surface area (Å²) in [5.74, 6) is 4.51. The summed E-state index contributed by atoms with van der Waals surface area (Å²) in [4.78, 5) is 78.9. The van der Waals surface area contributed by atoms with Crippen LogP contribution in [0.25, 0.3) is 41.1 Å². The molecule has 9 aromatic carbocycles. The van der Waals surface area contributed by atoms with Crippen molar-refractivity contribution in [1.29, 1.82) is 0 Å². The lowest BCUT2D eigenvalue weighted by Crippen LogP contribution is -2.52. The van der Waals surface area contributed by atoms with Crippen LogP contribution in [0.5, 0.6) is 57.5 Å². The topological polar surface area (TPSA) is 255 Å². The highest BCUT2D eigenvalue weighted by Crippen LogP contribution is 2.49. The van der Waals surface area contributed by atoms with E-state index in [1.807, 2.05) is 78.9 Å². The second-order valence-corrected chi connectivity index (χ2v) is 28.8. The summed E-state index contributed by atoms with van der Waals surface area (Å²) in [7, 11) is 0. The molecule has 2 atom stereocenters. The average molecular weight is 1570 g/mol. The van der Waals surface area contributed by atoms with Crippen LogP contribution < -0.4 is 43.8 Å². The molecule has 6 amide bonds. The van der Waals surface area contributed by atoms with Crippen molar-refractivity contribution < 1.29 is 86.0 Å². The Morgan fingerprint density at radius 3 is 1.26 bits per heavy atom. The Kier molecular flexibility index (Phi) is 26.5. The van der Waals surface area contributed by atoms with Crippen LogP contribution in [0.1, 0.15) is 74.2 Å². The van der Waals surface area contributed by atoms with Crippen molar-refractivity contribution in [1.82, 2.24) is 20.4 Å². The van der Waals surface area contributed by atoms with E-state index in [-0.39, 0.29) is 82.0 Å². The van der Waals surface area contributed by atoms with Crippen molar-refractivity contribution >= 4 is 91.8 Å². The largest absolute Gasteiger partial charge is 0.508 e. The highest BCUT2D eigenvalue weighted by atomic mass is 32.1. The molecule has 25 heteroatoms. The fourth-order valence-electron chi connectivity index (χ4n) is 13.3. The molecule has 4 aliphatic heterocycles. The molecule has 4 aliphatic rings. The zero-order valence-corrected chi connectivity index (χ0v) is 64.4. The lowest BCUT2D eigenvalue weighted by atomic mass is 10.0. The lowest BCUT2D eigenvalue weighted by molar-refractivity contribution is -0.138. The first-order chi connectivity index (χ1) is 54.2. The first kappa shape index (κ1) is 78.8. The molecule has 0 bridgehead atoms. The number of hydrogen-bond donors (Lipinski definition) is 3. The molecule has 112 heavy (non-hydrogen) atoms. The normalized spacial score (nSPS) is 15.1. The monoisotopic (exact) mass is 1570 g/mol. The third-order valence-electron chi connectivity index (χ3n) is 19.0. The second kappa shape index (κ2) is 37.6. The maximum Gasteiger partial charge on any atom is 0.255 e. The van der Waals surface area contributed by atoms with Crippen molar-refractivity contribution in [2.75, 3.05) is 79.3 Å². The van der Waals surface area contributed by atoms with Gasteiger partial charge in [0.1, 0.15) is 91.1 Å². The van der Waals surface area contributed by atoms with Crippen LogP contribution >= 0.6 is 36.2 Å². The number of hydrogen-bond acceptors (Lipinski definition) is 20. The number of amides is 6. The molecule has 6 heterocycles. The van der Waals surface area contributed by atoms with Crippen LogP contribution in [0.4, 0.5) is 0 Å². The van der Waals surface area contributed by atoms with Gasteiger partial charge >= 0.3 is 0 Å². The highest BCUT2D eigenvalue weighted by Gasteiger charge is 2.42. The summed E-state index contributed by atoms with van der Waals surface area (Å²) in [6.45, 7) is 9.44. The average Bonchev–Trinajstić information content (AvgIpc) is 1.67. The number of nitrogens with one attached hydrogen (secondary N) is 2. The maximum absolute atomic E-state index is 13.0. The smallest absolute Gasteiger partial charge is 0.255 e. The standard InChI is InChI=1S/C47H44N2O9S.C40H38N2O9S.H2S/c1-31-10-12-33(13-11-31)45-44(38-19-18-36(28-42(38)59-45)57-30-32-6-3-2-4-7-32)58-35-16-14-34(15-17-35)55-26-24-53-22-23-54-25-27-56-41-9-5-8-37-39(41)29-49(47(37)52)40-20-21-43(50)48-46(40)51;1-25-5-7-26(8-6-25)38-37(31-14-9-27(43)23-35(31)52-38)51-29-12-10-28(11-13-29)49-21-19-47-17-18-48-20-22-50-34-4-2-3-30-32(34)24-42(40(30)46)33-15-16-36(44)41-39(33)45;/h2-19,28,40H,20-27,29-30H2,1H3,(H,48,50,51);2-14,23,33,43H,15-22,24H2,1H3,(H,41,44,45);1H2. The van der Waals surface area contributed by atoms with Crippen molar-refractivity contribution in [2.24, 2.45) is 0 Å². The number of carbonyl (C=O) groups is 6. The number of phenols is 1. The first-order valence-corrected chi connectivity index (χ1v) is 38.4. The highest BCUT2D eigenvalue weighted by molar-refractivity contribution is 7.59. The van der Waals surface area contributed by atoms with Crippen LogP contribution in [0, 0.1) is 13.8 Å². The summed E-state index contributed by atoms with van der Waals surface area (Å²) in [5, 5.41) is 16.6. The van der Waals surface area contributed by atoms with Gasteiger partial charge in [0.25, 0.3) is 11.8 Å². The summed E-state index contributed by atoms with van der Waals surface area (Å²) < 4.78 is 67.5. The Hall–Kier alpha value is -11.3. The van der Waals surface area contributed by atoms with E-state index >= 15 is 0 Å². The van der Waals surface area contributed by atoms with Crippen LogP contribution in [0.3, 0.4) is 0 Å². The van der Waals surface area contributed by atoms with E-state index in [2.05, 4.69) is 97.3 Å². The van der Waals surface area contributed by atoms with E-state index in [0.717, 1.165) is 75.0 Å². The molecule has 0 aliphatic carbocycles. The number of ether oxygens (including phenoxy) is 11. The van der Waals surface area contributed by atoms with Gasteiger partial charge in [-0.3, -0.25) is 39.4 Å². The van der Waals surface area contributed by atoms with E-state index < -0.39 is 23.9 Å². The SMILES string of the molecule is Cc1ccc(-c2sc3cc(O)ccc3c2Oc2ccc(OCCOCCOCCOc3cccc4c3CN(C3CCC(=O)NC3=O)C4=O)cc2)cc1.Cc1ccc(-c2sc3cc(OCc4ccccc4)ccc3c2Oc2ccc(OCCOCCOCCOc3cccc4c3CN(C3CCC(=O)NC3=O)C4=O)cc2)cc1.S. The van der Waals surface area contributed by atoms with Gasteiger partial charge in [-0.2, -0.15) is 13.5 Å². The summed E-state index contributed by atoms with van der Waals surface area (Å²) in [6.07, 6.45) is 1.03. The van der Waals surface area contributed by atoms with Gasteiger partial charge in [0.2, 0.25) is 23.6 Å². The van der Waals surface area contributed by atoms with E-state index in [0.29, 0.717) is 131 Å². The number of carbonyl (C=O) groups excluding carboxylic acids is 6. The Morgan fingerprint density at radius 2 is 0.812 bits per heavy atom. The summed E-state index contributed by atoms with van der Waals surface area (Å²) in [5.41, 5.74) is 8.11. The molecule has 2 aromatic heterocycles. The van der Waals surface area contributed by atoms with Crippen LogP contribution in [0.2, 0.25) is 0 Å². The molecule has 0 saturated carbocycles. The number of aromatic hydroxyl groups is 1. The van der Waals surface area contributed by atoms with Gasteiger partial charge in [-0.25, -0.2) is 0 Å². The van der Waals surface area contributed by atoms with Crippen LogP contribution in [-0.2, 0) is 57.8 Å². The Bertz CT molecular complexity index is 5140. The summed E-state index contributed by atoms with van der Waals surface area (Å²) in [6, 6.07) is 62.6. The van der Waals surface area contributed by atoms with Gasteiger partial charge in [-0.1, -0.05) is 102 Å². The number of imide groups is 2. The molecule has 0 spiro atoms. The first-order valence-electron chi connectivity index (χ1n) is 36.8. The predicted molar refractivity (Wildman–Crippen MR) is 430 cm³/mol. The fraction of sp³-hybridized carbons (Fsp3) is 0.264. The number of piperidine rings is 2. The number of benzene rings is 9. The minimum absolute atomic E-state index is 0. The molecule has 2 saturated heterocycles. The lowest BCUT2D eigenvalue weighted by Gasteiger charge is -2.29. The van der Waals surface area contributed by atoms with Gasteiger partial charge in [0, 0.05) is 55.3 Å². The Morgan fingerprint density at radius 1 is 0.411 bits per heavy atom. The number of nitrogens with zero attached hydrogens (tertiary/aromatic N) is 2. The van der Waals surface area contributed by atoms with Gasteiger partial charge in [-0.15, -0.1) is 22.7 Å². The molecule has 3 N–H and O–H groups in total. The van der Waals surface area contributed by atoms with Crippen LogP contribution in [-0.4, -0.2) is 142 Å². The minimum atomic E-state index is -0.673. The van der Waals surface area contributed by atoms with E-state index in [4.69, 9.17) is 52.1 Å². The van der Waals surface area contributed by atoms with Gasteiger partial charge in [0.05, 0.1) is 75.7 Å². The van der Waals surface area contributed by atoms with Crippen molar-refractivity contribution in [2.45, 2.75) is 71.3 Å². The zero-order valence-electron chi connectivity index (χ0n) is 61.7. The van der Waals surface area contributed by atoms with Crippen LogP contribution in [0.15, 0.2) is 200 Å². The number of rotatable bonds is 33. The van der Waals surface area contributed by atoms with Crippen molar-refractivity contribution in [3.05, 3.63) is 239 Å². The van der Waals surface area contributed by atoms with Gasteiger partial charge in [-0.05, 0) is 153 Å². The summed E-state index contributed by atoms with van der Waals surface area (Å²) >= 11 is 3.26. The fourth-order valence-corrected chi connectivity index (χ4v) is 15.6. The second-order valence-electron chi connectivity index (χ2n) is 26.7. The van der Waals surface area contributed by atoms with Gasteiger partial charge in [0.15, 0.2) is 11.5 Å². The number of thiophene rings is 2. The van der Waals surface area contributed by atoms with Crippen molar-refractivity contribution in [3.8, 4) is 78.4 Å². The molecule has 578 valence electrons. The molecule has 2 unspecified atom stereocenters. The maximum atomic E-state index is 13.0. The Labute approximate surface area is 662 Å². The van der Waals surface area contributed by atoms with E-state index in [1.54, 1.807) is 71.2 Å². The zero-order chi connectivity index (χ0) is 76.6. The molecule has 11 aromatic rings. The van der Waals surface area contributed by atoms with E-state index in [9.17, 15) is 33.9 Å². The Balaban J connectivity index is 0.000000196. The molecule has 0 radical (unpaired) electrons. The molecule has 2 fully saturated rings. The number of phenolic OH excluding ortho intramolecular Hbond substituents is 1. The van der Waals surface area contributed by atoms with E-state index in [1.165, 1.54) is 20.9 Å². The molecule has 15 rings (SSSR count). The van der Waals surface area contributed by atoms with Gasteiger partial charge < -0.3 is 67.0 Å².